The number of rotatable bonds is 2. The van der Waals surface area contributed by atoms with Crippen LogP contribution in [0.2, 0.25) is 10.0 Å². The van der Waals surface area contributed by atoms with Gasteiger partial charge in [-0.1, -0.05) is 42.1 Å². The Labute approximate surface area is 101 Å². The van der Waals surface area contributed by atoms with Gasteiger partial charge in [0.1, 0.15) is 0 Å². The highest BCUT2D eigenvalue weighted by atomic mass is 35.5. The van der Waals surface area contributed by atoms with Crippen molar-refractivity contribution in [2.24, 2.45) is 11.7 Å². The van der Waals surface area contributed by atoms with Crippen molar-refractivity contribution in [1.29, 1.82) is 0 Å². The SMILES string of the molecule is N[C@@H](c1ccc(Cl)c(Cl)c1)C1CCCC1. The van der Waals surface area contributed by atoms with Gasteiger partial charge in [-0.15, -0.1) is 0 Å². The normalized spacial score (nSPS) is 19.4. The van der Waals surface area contributed by atoms with Crippen LogP contribution in [0, 0.1) is 5.92 Å². The van der Waals surface area contributed by atoms with Crippen molar-refractivity contribution < 1.29 is 0 Å². The van der Waals surface area contributed by atoms with E-state index in [1.165, 1.54) is 25.7 Å². The van der Waals surface area contributed by atoms with Crippen LogP contribution in [0.15, 0.2) is 18.2 Å². The van der Waals surface area contributed by atoms with Gasteiger partial charge in [0.15, 0.2) is 0 Å². The molecule has 0 amide bonds. The highest BCUT2D eigenvalue weighted by Gasteiger charge is 2.23. The molecular formula is C12H15Cl2N. The van der Waals surface area contributed by atoms with Crippen molar-refractivity contribution in [1.82, 2.24) is 0 Å². The summed E-state index contributed by atoms with van der Waals surface area (Å²) < 4.78 is 0. The van der Waals surface area contributed by atoms with Crippen LogP contribution in [0.1, 0.15) is 37.3 Å². The quantitative estimate of drug-likeness (QED) is 0.829. The zero-order valence-electron chi connectivity index (χ0n) is 8.55. The number of halogens is 2. The van der Waals surface area contributed by atoms with E-state index in [4.69, 9.17) is 28.9 Å². The van der Waals surface area contributed by atoms with E-state index in [9.17, 15) is 0 Å². The van der Waals surface area contributed by atoms with Crippen molar-refractivity contribution in [3.8, 4) is 0 Å². The predicted octanol–water partition coefficient (Wildman–Crippen LogP) is 4.18. The molecule has 0 radical (unpaired) electrons. The second-order valence-electron chi connectivity index (χ2n) is 4.24. The van der Waals surface area contributed by atoms with E-state index in [1.54, 1.807) is 0 Å². The summed E-state index contributed by atoms with van der Waals surface area (Å²) in [7, 11) is 0. The van der Waals surface area contributed by atoms with Gasteiger partial charge in [-0.25, -0.2) is 0 Å². The lowest BCUT2D eigenvalue weighted by atomic mass is 9.93. The highest BCUT2D eigenvalue weighted by Crippen LogP contribution is 2.35. The third-order valence-corrected chi connectivity index (χ3v) is 3.98. The maximum Gasteiger partial charge on any atom is 0.0595 e. The van der Waals surface area contributed by atoms with E-state index in [0.29, 0.717) is 16.0 Å². The van der Waals surface area contributed by atoms with E-state index in [1.807, 2.05) is 18.2 Å². The summed E-state index contributed by atoms with van der Waals surface area (Å²) in [4.78, 5) is 0. The van der Waals surface area contributed by atoms with Gasteiger partial charge in [-0.05, 0) is 36.5 Å². The lowest BCUT2D eigenvalue weighted by Crippen LogP contribution is -2.18. The molecule has 1 aliphatic carbocycles. The topological polar surface area (TPSA) is 26.0 Å². The lowest BCUT2D eigenvalue weighted by molar-refractivity contribution is 0.445. The smallest absolute Gasteiger partial charge is 0.0595 e. The second kappa shape index (κ2) is 4.73. The fourth-order valence-corrected chi connectivity index (χ4v) is 2.61. The molecule has 1 aromatic rings. The first-order valence-electron chi connectivity index (χ1n) is 5.39. The molecule has 1 saturated carbocycles. The van der Waals surface area contributed by atoms with Crippen molar-refractivity contribution in [2.45, 2.75) is 31.7 Å². The number of hydrogen-bond acceptors (Lipinski definition) is 1. The molecule has 15 heavy (non-hydrogen) atoms. The van der Waals surface area contributed by atoms with Crippen LogP contribution in [0.5, 0.6) is 0 Å². The molecule has 1 nitrogen and oxygen atoms in total. The molecule has 0 aliphatic heterocycles. The van der Waals surface area contributed by atoms with Gasteiger partial charge < -0.3 is 5.73 Å². The molecule has 1 atom stereocenters. The van der Waals surface area contributed by atoms with Gasteiger partial charge in [0.25, 0.3) is 0 Å². The molecule has 2 rings (SSSR count). The molecule has 0 heterocycles. The van der Waals surface area contributed by atoms with Crippen LogP contribution >= 0.6 is 23.2 Å². The Bertz CT molecular complexity index is 345. The average Bonchev–Trinajstić information content (AvgIpc) is 2.74. The molecule has 82 valence electrons. The molecular weight excluding hydrogens is 229 g/mol. The van der Waals surface area contributed by atoms with Crippen LogP contribution < -0.4 is 5.73 Å². The van der Waals surface area contributed by atoms with Crippen molar-refractivity contribution in [3.05, 3.63) is 33.8 Å². The molecule has 2 N–H and O–H groups in total. The summed E-state index contributed by atoms with van der Waals surface area (Å²) in [5, 5.41) is 1.20. The van der Waals surface area contributed by atoms with E-state index in [2.05, 4.69) is 0 Å². The molecule has 1 aliphatic rings. The Morgan fingerprint density at radius 1 is 1.13 bits per heavy atom. The standard InChI is InChI=1S/C12H15Cl2N/c13-10-6-5-9(7-11(10)14)12(15)8-3-1-2-4-8/h5-8,12H,1-4,15H2/t12-/m1/s1. The second-order valence-corrected chi connectivity index (χ2v) is 5.06. The molecule has 0 bridgehead atoms. The minimum atomic E-state index is 0.113. The zero-order valence-corrected chi connectivity index (χ0v) is 10.1. The molecule has 0 aromatic heterocycles. The van der Waals surface area contributed by atoms with Gasteiger partial charge >= 0.3 is 0 Å². The first-order chi connectivity index (χ1) is 7.18. The molecule has 1 aromatic carbocycles. The lowest BCUT2D eigenvalue weighted by Gasteiger charge is -2.19. The molecule has 1 fully saturated rings. The van der Waals surface area contributed by atoms with E-state index >= 15 is 0 Å². The Morgan fingerprint density at radius 2 is 1.80 bits per heavy atom. The fourth-order valence-electron chi connectivity index (χ4n) is 2.31. The summed E-state index contributed by atoms with van der Waals surface area (Å²) in [6.07, 6.45) is 5.09. The molecule has 0 unspecified atom stereocenters. The van der Waals surface area contributed by atoms with Crippen molar-refractivity contribution in [3.63, 3.8) is 0 Å². The summed E-state index contributed by atoms with van der Waals surface area (Å²) in [6.45, 7) is 0. The number of hydrogen-bond donors (Lipinski definition) is 1. The first-order valence-corrected chi connectivity index (χ1v) is 6.14. The molecule has 0 saturated heterocycles. The van der Waals surface area contributed by atoms with Crippen LogP contribution in [-0.2, 0) is 0 Å². The Balaban J connectivity index is 2.17. The van der Waals surface area contributed by atoms with Gasteiger partial charge in [0.2, 0.25) is 0 Å². The Hall–Kier alpha value is -0.240. The van der Waals surface area contributed by atoms with Gasteiger partial charge in [0.05, 0.1) is 10.0 Å². The summed E-state index contributed by atoms with van der Waals surface area (Å²) >= 11 is 11.8. The summed E-state index contributed by atoms with van der Waals surface area (Å²) in [5.74, 6) is 0.613. The maximum absolute atomic E-state index is 6.22. The molecule has 0 spiro atoms. The number of benzene rings is 1. The van der Waals surface area contributed by atoms with Crippen LogP contribution in [0.25, 0.3) is 0 Å². The van der Waals surface area contributed by atoms with Crippen LogP contribution in [-0.4, -0.2) is 0 Å². The van der Waals surface area contributed by atoms with Crippen LogP contribution in [0.4, 0.5) is 0 Å². The minimum Gasteiger partial charge on any atom is -0.324 e. The van der Waals surface area contributed by atoms with E-state index in [-0.39, 0.29) is 6.04 Å². The van der Waals surface area contributed by atoms with E-state index in [0.717, 1.165) is 5.56 Å². The zero-order chi connectivity index (χ0) is 10.8. The third kappa shape index (κ3) is 2.47. The van der Waals surface area contributed by atoms with Gasteiger partial charge in [-0.2, -0.15) is 0 Å². The third-order valence-electron chi connectivity index (χ3n) is 3.24. The monoisotopic (exact) mass is 243 g/mol. The first kappa shape index (κ1) is 11.3. The molecule has 3 heteroatoms. The Morgan fingerprint density at radius 3 is 2.40 bits per heavy atom. The summed E-state index contributed by atoms with van der Waals surface area (Å²) in [5.41, 5.74) is 7.33. The average molecular weight is 244 g/mol. The minimum absolute atomic E-state index is 0.113. The van der Waals surface area contributed by atoms with Gasteiger partial charge in [-0.3, -0.25) is 0 Å². The van der Waals surface area contributed by atoms with Crippen molar-refractivity contribution >= 4 is 23.2 Å². The largest absolute Gasteiger partial charge is 0.324 e. The summed E-state index contributed by atoms with van der Waals surface area (Å²) in [6, 6.07) is 5.82. The highest BCUT2D eigenvalue weighted by molar-refractivity contribution is 6.42. The predicted molar refractivity (Wildman–Crippen MR) is 65.3 cm³/mol. The van der Waals surface area contributed by atoms with Gasteiger partial charge in [0, 0.05) is 6.04 Å². The van der Waals surface area contributed by atoms with E-state index < -0.39 is 0 Å². The fraction of sp³-hybridized carbons (Fsp3) is 0.500. The number of nitrogens with two attached hydrogens (primary N) is 1. The van der Waals surface area contributed by atoms with Crippen LogP contribution in [0.3, 0.4) is 0 Å². The maximum atomic E-state index is 6.22. The van der Waals surface area contributed by atoms with Crippen molar-refractivity contribution in [2.75, 3.05) is 0 Å². The Kier molecular flexibility index (Phi) is 3.55.